The van der Waals surface area contributed by atoms with E-state index in [9.17, 15) is 9.59 Å². The molecule has 3 aromatic rings. The number of carbonyl (C=O) groups excluding carboxylic acids is 2. The molecule has 0 fully saturated rings. The van der Waals surface area contributed by atoms with Gasteiger partial charge in [0.2, 0.25) is 0 Å². The number of anilines is 1. The van der Waals surface area contributed by atoms with E-state index in [4.69, 9.17) is 22.7 Å². The number of thiophene rings is 1. The predicted octanol–water partition coefficient (Wildman–Crippen LogP) is 6.22. The van der Waals surface area contributed by atoms with Gasteiger partial charge in [0.1, 0.15) is 10.8 Å². The van der Waals surface area contributed by atoms with Crippen molar-refractivity contribution in [1.29, 1.82) is 0 Å². The van der Waals surface area contributed by atoms with Gasteiger partial charge in [-0.25, -0.2) is 0 Å². The molecule has 190 valence electrons. The SMILES string of the molecule is CCCCCCCOc1ccc(C(=O)NC(=S)Nc2sc(Cc3ccccc3)c(C)c2C(N)=O)cc1. The zero-order valence-electron chi connectivity index (χ0n) is 20.8. The fraction of sp³-hybridized carbons (Fsp3) is 0.321. The number of ether oxygens (including phenoxy) is 1. The summed E-state index contributed by atoms with van der Waals surface area (Å²) in [5.41, 5.74) is 8.44. The van der Waals surface area contributed by atoms with E-state index in [1.54, 1.807) is 24.3 Å². The fourth-order valence-electron chi connectivity index (χ4n) is 3.80. The number of carbonyl (C=O) groups is 2. The van der Waals surface area contributed by atoms with Crippen LogP contribution in [0.4, 0.5) is 5.00 Å². The van der Waals surface area contributed by atoms with Crippen molar-refractivity contribution in [3.63, 3.8) is 0 Å². The van der Waals surface area contributed by atoms with Crippen LogP contribution < -0.4 is 21.1 Å². The second-order valence-electron chi connectivity index (χ2n) is 8.58. The minimum absolute atomic E-state index is 0.0995. The molecule has 0 atom stereocenters. The lowest BCUT2D eigenvalue weighted by Gasteiger charge is -2.10. The Balaban J connectivity index is 1.57. The van der Waals surface area contributed by atoms with E-state index in [0.29, 0.717) is 29.2 Å². The van der Waals surface area contributed by atoms with Gasteiger partial charge in [-0.2, -0.15) is 0 Å². The van der Waals surface area contributed by atoms with E-state index in [1.165, 1.54) is 30.6 Å². The Hall–Kier alpha value is -3.23. The molecule has 2 amide bonds. The van der Waals surface area contributed by atoms with Crippen LogP contribution in [0.25, 0.3) is 0 Å². The van der Waals surface area contributed by atoms with E-state index in [2.05, 4.69) is 17.6 Å². The molecular weight excluding hydrogens is 490 g/mol. The van der Waals surface area contributed by atoms with Gasteiger partial charge in [0.25, 0.3) is 11.8 Å². The molecule has 4 N–H and O–H groups in total. The molecule has 1 aromatic heterocycles. The lowest BCUT2D eigenvalue weighted by Crippen LogP contribution is -2.34. The molecule has 0 radical (unpaired) electrons. The van der Waals surface area contributed by atoms with Gasteiger partial charge in [-0.3, -0.25) is 14.9 Å². The first-order chi connectivity index (χ1) is 17.4. The molecule has 3 rings (SSSR count). The third kappa shape index (κ3) is 7.90. The number of hydrogen-bond donors (Lipinski definition) is 3. The molecule has 8 heteroatoms. The van der Waals surface area contributed by atoms with Crippen LogP contribution in [0.15, 0.2) is 54.6 Å². The van der Waals surface area contributed by atoms with Gasteiger partial charge in [0, 0.05) is 16.9 Å². The molecule has 0 aliphatic heterocycles. The lowest BCUT2D eigenvalue weighted by atomic mass is 10.1. The number of thiocarbonyl (C=S) groups is 1. The minimum atomic E-state index is -0.541. The summed E-state index contributed by atoms with van der Waals surface area (Å²) in [6.07, 6.45) is 6.56. The summed E-state index contributed by atoms with van der Waals surface area (Å²) in [6, 6.07) is 16.9. The highest BCUT2D eigenvalue weighted by Gasteiger charge is 2.21. The Bertz CT molecular complexity index is 1170. The maximum Gasteiger partial charge on any atom is 0.257 e. The number of unbranched alkanes of at least 4 members (excludes halogenated alkanes) is 4. The molecule has 0 aliphatic carbocycles. The Morgan fingerprint density at radius 3 is 2.36 bits per heavy atom. The number of amides is 2. The smallest absolute Gasteiger partial charge is 0.257 e. The van der Waals surface area contributed by atoms with Crippen molar-refractivity contribution in [3.8, 4) is 5.75 Å². The van der Waals surface area contributed by atoms with E-state index >= 15 is 0 Å². The first kappa shape index (κ1) is 27.4. The van der Waals surface area contributed by atoms with Crippen molar-refractivity contribution in [2.75, 3.05) is 11.9 Å². The van der Waals surface area contributed by atoms with Crippen LogP contribution in [0.3, 0.4) is 0 Å². The molecule has 0 aliphatic rings. The van der Waals surface area contributed by atoms with E-state index in [-0.39, 0.29) is 11.0 Å². The molecule has 0 unspecified atom stereocenters. The van der Waals surface area contributed by atoms with E-state index in [0.717, 1.165) is 34.6 Å². The second kappa shape index (κ2) is 13.8. The molecule has 1 heterocycles. The van der Waals surface area contributed by atoms with Crippen LogP contribution in [0.2, 0.25) is 0 Å². The number of hydrogen-bond acceptors (Lipinski definition) is 5. The van der Waals surface area contributed by atoms with Gasteiger partial charge in [-0.15, -0.1) is 11.3 Å². The Morgan fingerprint density at radius 1 is 1.00 bits per heavy atom. The zero-order valence-corrected chi connectivity index (χ0v) is 22.4. The normalized spacial score (nSPS) is 10.6. The molecule has 6 nitrogen and oxygen atoms in total. The Morgan fingerprint density at radius 2 is 1.69 bits per heavy atom. The molecule has 0 saturated heterocycles. The number of rotatable bonds is 12. The molecule has 0 bridgehead atoms. The van der Waals surface area contributed by atoms with Crippen LogP contribution in [0.1, 0.15) is 75.7 Å². The van der Waals surface area contributed by atoms with Gasteiger partial charge < -0.3 is 15.8 Å². The summed E-state index contributed by atoms with van der Waals surface area (Å²) in [6.45, 7) is 4.73. The highest BCUT2D eigenvalue weighted by atomic mass is 32.1. The Kier molecular flexibility index (Phi) is 10.5. The highest BCUT2D eigenvalue weighted by Crippen LogP contribution is 2.34. The zero-order chi connectivity index (χ0) is 25.9. The third-order valence-corrected chi connectivity index (χ3v) is 7.20. The first-order valence-corrected chi connectivity index (χ1v) is 13.4. The van der Waals surface area contributed by atoms with Crippen LogP contribution in [0.5, 0.6) is 5.75 Å². The highest BCUT2D eigenvalue weighted by molar-refractivity contribution is 7.80. The summed E-state index contributed by atoms with van der Waals surface area (Å²) in [5, 5.41) is 6.29. The van der Waals surface area contributed by atoms with Crippen molar-refractivity contribution in [2.45, 2.75) is 52.4 Å². The van der Waals surface area contributed by atoms with Gasteiger partial charge in [-0.1, -0.05) is 62.9 Å². The van der Waals surface area contributed by atoms with Crippen LogP contribution >= 0.6 is 23.6 Å². The largest absolute Gasteiger partial charge is 0.494 e. The third-order valence-electron chi connectivity index (χ3n) is 5.79. The average molecular weight is 524 g/mol. The fourth-order valence-corrected chi connectivity index (χ4v) is 5.31. The maximum atomic E-state index is 12.7. The maximum absolute atomic E-state index is 12.7. The monoisotopic (exact) mass is 523 g/mol. The quantitative estimate of drug-likeness (QED) is 0.193. The summed E-state index contributed by atoms with van der Waals surface area (Å²) < 4.78 is 5.76. The van der Waals surface area contributed by atoms with Crippen molar-refractivity contribution >= 4 is 45.5 Å². The van der Waals surface area contributed by atoms with E-state index < -0.39 is 5.91 Å². The van der Waals surface area contributed by atoms with Gasteiger partial charge >= 0.3 is 0 Å². The van der Waals surface area contributed by atoms with Crippen LogP contribution in [-0.4, -0.2) is 23.5 Å². The molecular formula is C28H33N3O3S2. The summed E-state index contributed by atoms with van der Waals surface area (Å²) in [5.74, 6) is -0.161. The number of primary amides is 1. The standard InChI is InChI=1S/C28H33N3O3S2/c1-3-4-5-6-10-17-34-22-15-13-21(14-16-22)26(33)30-28(35)31-27-24(25(29)32)19(2)23(36-27)18-20-11-8-7-9-12-20/h7-9,11-16H,3-6,10,17-18H2,1-2H3,(H2,29,32)(H2,30,31,33,35). The predicted molar refractivity (Wildman–Crippen MR) is 151 cm³/mol. The molecule has 0 spiro atoms. The number of nitrogens with two attached hydrogens (primary N) is 1. The van der Waals surface area contributed by atoms with Crippen molar-refractivity contribution in [1.82, 2.24) is 5.32 Å². The van der Waals surface area contributed by atoms with Crippen LogP contribution in [-0.2, 0) is 6.42 Å². The van der Waals surface area contributed by atoms with Gasteiger partial charge in [0.05, 0.1) is 12.2 Å². The van der Waals surface area contributed by atoms with Crippen molar-refractivity contribution in [2.24, 2.45) is 5.73 Å². The topological polar surface area (TPSA) is 93.4 Å². The summed E-state index contributed by atoms with van der Waals surface area (Å²) in [4.78, 5) is 25.8. The number of benzene rings is 2. The van der Waals surface area contributed by atoms with Gasteiger partial charge in [0.15, 0.2) is 5.11 Å². The molecule has 0 saturated carbocycles. The lowest BCUT2D eigenvalue weighted by molar-refractivity contribution is 0.0975. The average Bonchev–Trinajstić information content (AvgIpc) is 3.16. The van der Waals surface area contributed by atoms with E-state index in [1.807, 2.05) is 37.3 Å². The van der Waals surface area contributed by atoms with Crippen molar-refractivity contribution in [3.05, 3.63) is 81.7 Å². The minimum Gasteiger partial charge on any atom is -0.494 e. The first-order valence-electron chi connectivity index (χ1n) is 12.2. The summed E-state index contributed by atoms with van der Waals surface area (Å²) in [7, 11) is 0. The number of nitrogens with one attached hydrogen (secondary N) is 2. The second-order valence-corrected chi connectivity index (χ2v) is 10.1. The van der Waals surface area contributed by atoms with Crippen LogP contribution in [0, 0.1) is 6.92 Å². The summed E-state index contributed by atoms with van der Waals surface area (Å²) >= 11 is 6.76. The van der Waals surface area contributed by atoms with Crippen molar-refractivity contribution < 1.29 is 14.3 Å². The van der Waals surface area contributed by atoms with Gasteiger partial charge in [-0.05, 0) is 61.0 Å². The molecule has 36 heavy (non-hydrogen) atoms. The Labute approximate surface area is 222 Å². The molecule has 2 aromatic carbocycles.